The predicted octanol–water partition coefficient (Wildman–Crippen LogP) is -2.25. The van der Waals surface area contributed by atoms with Gasteiger partial charge in [0.15, 0.2) is 18.9 Å². The van der Waals surface area contributed by atoms with Crippen molar-refractivity contribution < 1.29 is 99.9 Å². The van der Waals surface area contributed by atoms with Gasteiger partial charge in [-0.15, -0.1) is 0 Å². The van der Waals surface area contributed by atoms with Gasteiger partial charge in [0.2, 0.25) is 0 Å². The minimum Gasteiger partial charge on any atom is -0.396 e. The molecular weight excluding hydrogens is 897 g/mol. The second-order valence-electron chi connectivity index (χ2n) is 23.6. The van der Waals surface area contributed by atoms with Crippen molar-refractivity contribution >= 4 is 0 Å². The maximum atomic E-state index is 12.1. The standard InChI is InChI=1S/C48H82O20/c1-21(7-10-28(54)43(2,3)68-42-38(62)35(59)39(25(18-51)65-42)67-41-37(61)34(58)32(56)24(17-50)64-41)30-22(53)15-46(6)27-9-8-26-44(4,20-52)29(66-40-36(60)33(57)31(55)23(16-49)63-40)11-12-47(26)19-48(27,47)14-13-45(30,46)5/h21-42,49-62H,7-20H2,1-6H3/t21-,22+,23-,24-,25-,26+,27+,28+,29+,30+,31-,32-,33+,34+,35-,36-,37-,38-,39-,40+,41+,42+,44-,45-,46+,47-,48+/m1/s1. The monoisotopic (exact) mass is 979 g/mol. The molecule has 20 heteroatoms. The van der Waals surface area contributed by atoms with Gasteiger partial charge < -0.3 is 99.9 Å². The molecular formula is C48H82O20. The average molecular weight is 979 g/mol. The summed E-state index contributed by atoms with van der Waals surface area (Å²) in [6.07, 6.45) is -17.7. The van der Waals surface area contributed by atoms with Crippen molar-refractivity contribution in [3.63, 3.8) is 0 Å². The van der Waals surface area contributed by atoms with Crippen LogP contribution in [0.5, 0.6) is 0 Å². The zero-order chi connectivity index (χ0) is 49.8. The van der Waals surface area contributed by atoms with Crippen molar-refractivity contribution in [1.29, 1.82) is 0 Å². The molecule has 5 aliphatic carbocycles. The quantitative estimate of drug-likeness (QED) is 0.0771. The molecule has 3 heterocycles. The highest BCUT2D eigenvalue weighted by molar-refractivity contribution is 5.31. The molecule has 8 rings (SSSR count). The number of aliphatic hydroxyl groups is 14. The Bertz CT molecular complexity index is 1740. The lowest BCUT2D eigenvalue weighted by atomic mass is 9.41. The Morgan fingerprint density at radius 2 is 1.12 bits per heavy atom. The number of aliphatic hydroxyl groups excluding tert-OH is 14. The first kappa shape index (κ1) is 53.5. The van der Waals surface area contributed by atoms with Crippen LogP contribution in [0.25, 0.3) is 0 Å². The van der Waals surface area contributed by atoms with Gasteiger partial charge in [-0.05, 0) is 123 Å². The first-order chi connectivity index (χ1) is 31.9. The maximum absolute atomic E-state index is 12.1. The number of ether oxygens (including phenoxy) is 6. The van der Waals surface area contributed by atoms with Crippen LogP contribution in [0.3, 0.4) is 0 Å². The highest BCUT2D eigenvalue weighted by Gasteiger charge is 2.83. The van der Waals surface area contributed by atoms with Gasteiger partial charge in [-0.3, -0.25) is 0 Å². The second kappa shape index (κ2) is 19.2. The Hall–Kier alpha value is -0.800. The molecule has 0 unspecified atom stereocenters. The van der Waals surface area contributed by atoms with Crippen molar-refractivity contribution in [3.8, 4) is 0 Å². The van der Waals surface area contributed by atoms with Gasteiger partial charge in [-0.2, -0.15) is 0 Å². The van der Waals surface area contributed by atoms with Crippen LogP contribution in [0.4, 0.5) is 0 Å². The van der Waals surface area contributed by atoms with Crippen LogP contribution < -0.4 is 0 Å². The minimum atomic E-state index is -1.81. The lowest BCUT2D eigenvalue weighted by molar-refractivity contribution is -0.370. The van der Waals surface area contributed by atoms with Gasteiger partial charge in [-0.25, -0.2) is 0 Å². The molecule has 0 aromatic carbocycles. The molecule has 68 heavy (non-hydrogen) atoms. The summed E-state index contributed by atoms with van der Waals surface area (Å²) in [5.41, 5.74) is -2.44. The van der Waals surface area contributed by atoms with E-state index in [1.54, 1.807) is 13.8 Å². The third-order valence-corrected chi connectivity index (χ3v) is 20.1. The average Bonchev–Trinajstić information content (AvgIpc) is 3.92. The SMILES string of the molecule is C[C@H](CC[C@H](O)C(C)(C)O[C@@H]1O[C@H](CO)[C@@H](O[C@@H]2O[C@H](CO)[C@@H](O)[C@H](O)[C@H]2O)[C@H](O)[C@H]1O)[C@H]1[C@@H](O)C[C@@]2(C)[C@@H]3CC[C@H]4[C@@](C)(CO)[C@@H](O[C@@H]5O[C@H](CO)[C@@H](O)[C@H](O)[C@H]5O)CC[C@@]45C[C@@]35CC[C@]12C. The van der Waals surface area contributed by atoms with Crippen LogP contribution in [0.1, 0.15) is 106 Å². The summed E-state index contributed by atoms with van der Waals surface area (Å²) in [6.45, 7) is 9.97. The smallest absolute Gasteiger partial charge is 0.187 e. The Labute approximate surface area is 398 Å². The van der Waals surface area contributed by atoms with Gasteiger partial charge in [0.1, 0.15) is 73.2 Å². The van der Waals surface area contributed by atoms with E-state index >= 15 is 0 Å². The fourth-order valence-electron chi connectivity index (χ4n) is 16.0. The molecule has 5 saturated carbocycles. The Morgan fingerprint density at radius 1 is 0.588 bits per heavy atom. The van der Waals surface area contributed by atoms with E-state index in [0.29, 0.717) is 25.2 Å². The third-order valence-electron chi connectivity index (χ3n) is 20.1. The number of hydrogen-bond acceptors (Lipinski definition) is 20. The van der Waals surface area contributed by atoms with E-state index in [-0.39, 0.29) is 52.4 Å². The van der Waals surface area contributed by atoms with Gasteiger partial charge in [0.05, 0.1) is 50.3 Å². The molecule has 3 aliphatic heterocycles. The molecule has 8 fully saturated rings. The predicted molar refractivity (Wildman–Crippen MR) is 234 cm³/mol. The van der Waals surface area contributed by atoms with Crippen LogP contribution in [-0.4, -0.2) is 214 Å². The largest absolute Gasteiger partial charge is 0.396 e. The molecule has 20 nitrogen and oxygen atoms in total. The first-order valence-corrected chi connectivity index (χ1v) is 25.1. The summed E-state index contributed by atoms with van der Waals surface area (Å²) in [5, 5.41) is 149. The number of hydrogen-bond donors (Lipinski definition) is 14. The molecule has 8 aliphatic rings. The lowest BCUT2D eigenvalue weighted by Crippen LogP contribution is -2.65. The highest BCUT2D eigenvalue weighted by atomic mass is 16.7. The topological polar surface area (TPSA) is 339 Å². The van der Waals surface area contributed by atoms with Crippen molar-refractivity contribution in [2.24, 2.45) is 50.7 Å². The normalized spacial score (nSPS) is 54.5. The Kier molecular flexibility index (Phi) is 15.1. The van der Waals surface area contributed by atoms with Crippen LogP contribution in [0, 0.1) is 50.7 Å². The fraction of sp³-hybridized carbons (Fsp3) is 1.00. The van der Waals surface area contributed by atoms with Crippen molar-refractivity contribution in [2.45, 2.75) is 222 Å². The molecule has 3 saturated heterocycles. The molecule has 2 spiro atoms. The molecule has 394 valence electrons. The molecule has 14 N–H and O–H groups in total. The maximum Gasteiger partial charge on any atom is 0.187 e. The van der Waals surface area contributed by atoms with Crippen molar-refractivity contribution in [2.75, 3.05) is 26.4 Å². The second-order valence-corrected chi connectivity index (χ2v) is 23.6. The molecule has 0 amide bonds. The Morgan fingerprint density at radius 3 is 1.69 bits per heavy atom. The summed E-state index contributed by atoms with van der Waals surface area (Å²) in [7, 11) is 0. The summed E-state index contributed by atoms with van der Waals surface area (Å²) in [5.74, 6) is 0.377. The van der Waals surface area contributed by atoms with Crippen LogP contribution in [0.2, 0.25) is 0 Å². The van der Waals surface area contributed by atoms with E-state index in [1.165, 1.54) is 0 Å². The first-order valence-electron chi connectivity index (χ1n) is 25.1. The minimum absolute atomic E-state index is 0.00838. The summed E-state index contributed by atoms with van der Waals surface area (Å²) >= 11 is 0. The van der Waals surface area contributed by atoms with E-state index in [1.807, 2.05) is 6.92 Å². The van der Waals surface area contributed by atoms with E-state index in [0.717, 1.165) is 38.5 Å². The highest BCUT2D eigenvalue weighted by Crippen LogP contribution is 2.89. The van der Waals surface area contributed by atoms with Gasteiger partial charge in [0.25, 0.3) is 0 Å². The van der Waals surface area contributed by atoms with Crippen molar-refractivity contribution in [3.05, 3.63) is 0 Å². The summed E-state index contributed by atoms with van der Waals surface area (Å²) in [6, 6.07) is 0. The van der Waals surface area contributed by atoms with E-state index in [4.69, 9.17) is 28.4 Å². The molecule has 0 bridgehead atoms. The zero-order valence-corrected chi connectivity index (χ0v) is 40.3. The van der Waals surface area contributed by atoms with E-state index in [9.17, 15) is 71.5 Å². The van der Waals surface area contributed by atoms with Crippen LogP contribution in [0.15, 0.2) is 0 Å². The third kappa shape index (κ3) is 8.18. The van der Waals surface area contributed by atoms with Crippen LogP contribution >= 0.6 is 0 Å². The summed E-state index contributed by atoms with van der Waals surface area (Å²) in [4.78, 5) is 0. The number of fused-ring (bicyclic) bond motifs is 2. The van der Waals surface area contributed by atoms with Gasteiger partial charge in [0, 0.05) is 5.41 Å². The molecule has 27 atom stereocenters. The molecule has 0 aromatic rings. The van der Waals surface area contributed by atoms with Crippen LogP contribution in [-0.2, 0) is 28.4 Å². The molecule has 0 radical (unpaired) electrons. The summed E-state index contributed by atoms with van der Waals surface area (Å²) < 4.78 is 35.2. The van der Waals surface area contributed by atoms with Gasteiger partial charge in [-0.1, -0.05) is 27.7 Å². The Balaban J connectivity index is 0.894. The van der Waals surface area contributed by atoms with Gasteiger partial charge >= 0.3 is 0 Å². The van der Waals surface area contributed by atoms with E-state index in [2.05, 4.69) is 20.8 Å². The zero-order valence-electron chi connectivity index (χ0n) is 40.3. The fourth-order valence-corrected chi connectivity index (χ4v) is 16.0. The van der Waals surface area contributed by atoms with E-state index < -0.39 is 141 Å². The van der Waals surface area contributed by atoms with Crippen molar-refractivity contribution in [1.82, 2.24) is 0 Å². The number of rotatable bonds is 15. The lowest BCUT2D eigenvalue weighted by Gasteiger charge is -2.63. The molecule has 0 aromatic heterocycles.